The van der Waals surface area contributed by atoms with E-state index in [1.54, 1.807) is 23.2 Å². The number of anilines is 1. The summed E-state index contributed by atoms with van der Waals surface area (Å²) < 4.78 is 22.0. The van der Waals surface area contributed by atoms with Gasteiger partial charge in [0.15, 0.2) is 0 Å². The van der Waals surface area contributed by atoms with Gasteiger partial charge in [-0.2, -0.15) is 0 Å². The molecule has 3 aromatic carbocycles. The Balaban J connectivity index is 1.10. The number of hydrogen-bond acceptors (Lipinski definition) is 5. The molecule has 45 heavy (non-hydrogen) atoms. The number of urea groups is 1. The van der Waals surface area contributed by atoms with Gasteiger partial charge in [0.1, 0.15) is 29.8 Å². The van der Waals surface area contributed by atoms with Gasteiger partial charge < -0.3 is 9.30 Å². The van der Waals surface area contributed by atoms with Crippen LogP contribution in [0.5, 0.6) is 5.75 Å². The largest absolute Gasteiger partial charge is 0.489 e. The zero-order valence-corrected chi connectivity index (χ0v) is 25.9. The minimum atomic E-state index is -0.416. The first-order valence-electron chi connectivity index (χ1n) is 15.5. The van der Waals surface area contributed by atoms with Gasteiger partial charge in [-0.3, -0.25) is 19.9 Å². The molecule has 2 aliphatic heterocycles. The number of imidazole rings is 1. The predicted octanol–water partition coefficient (Wildman–Crippen LogP) is 7.15. The van der Waals surface area contributed by atoms with Gasteiger partial charge in [0.05, 0.1) is 11.2 Å². The van der Waals surface area contributed by atoms with Crippen LogP contribution in [0.4, 0.5) is 15.0 Å². The van der Waals surface area contributed by atoms with Crippen molar-refractivity contribution in [3.8, 4) is 17.1 Å². The highest BCUT2D eigenvalue weighted by Gasteiger charge is 2.37. The Kier molecular flexibility index (Phi) is 8.06. The number of aromatic nitrogens is 2. The number of halogens is 2. The molecule has 232 valence electrons. The summed E-state index contributed by atoms with van der Waals surface area (Å²) in [6.07, 6.45) is 6.91. The second-order valence-electron chi connectivity index (χ2n) is 12.2. The highest BCUT2D eigenvalue weighted by molar-refractivity contribution is 6.31. The number of rotatable bonds is 8. The number of amides is 3. The van der Waals surface area contributed by atoms with E-state index < -0.39 is 6.03 Å². The number of carbonyl (C=O) groups excluding carboxylic acids is 2. The van der Waals surface area contributed by atoms with Crippen LogP contribution in [-0.4, -0.2) is 32.9 Å². The maximum Gasteiger partial charge on any atom is 0.329 e. The minimum absolute atomic E-state index is 0.0702. The molecule has 0 bridgehead atoms. The second kappa shape index (κ2) is 12.3. The normalized spacial score (nSPS) is 18.8. The number of ether oxygens (including phenoxy) is 1. The van der Waals surface area contributed by atoms with E-state index in [0.29, 0.717) is 40.7 Å². The number of imide groups is 1. The molecule has 1 unspecified atom stereocenters. The van der Waals surface area contributed by atoms with Gasteiger partial charge in [-0.05, 0) is 65.8 Å². The van der Waals surface area contributed by atoms with Crippen molar-refractivity contribution < 1.29 is 18.7 Å². The Morgan fingerprint density at radius 3 is 2.62 bits per heavy atom. The average Bonchev–Trinajstić information content (AvgIpc) is 3.76. The van der Waals surface area contributed by atoms with E-state index in [4.69, 9.17) is 21.3 Å². The van der Waals surface area contributed by atoms with Gasteiger partial charge in [-0.25, -0.2) is 14.2 Å². The first-order chi connectivity index (χ1) is 21.9. The molecular formula is C35H35ClFN5O3. The molecule has 3 amide bonds. The zero-order chi connectivity index (χ0) is 31.1. The van der Waals surface area contributed by atoms with Gasteiger partial charge in [0, 0.05) is 50.3 Å². The lowest BCUT2D eigenvalue weighted by atomic mass is 9.90. The third-order valence-electron chi connectivity index (χ3n) is 9.38. The molecule has 10 heteroatoms. The fourth-order valence-electron chi connectivity index (χ4n) is 7.10. The fourth-order valence-corrected chi connectivity index (χ4v) is 7.32. The Morgan fingerprint density at radius 1 is 1.07 bits per heavy atom. The molecule has 0 radical (unpaired) electrons. The lowest BCUT2D eigenvalue weighted by Gasteiger charge is -2.30. The Bertz CT molecular complexity index is 1730. The van der Waals surface area contributed by atoms with E-state index in [1.807, 2.05) is 23.7 Å². The third-order valence-corrected chi connectivity index (χ3v) is 9.74. The number of fused-ring (bicyclic) bond motifs is 1. The van der Waals surface area contributed by atoms with Crippen molar-refractivity contribution in [3.63, 3.8) is 0 Å². The Hall–Kier alpha value is -4.21. The van der Waals surface area contributed by atoms with Crippen LogP contribution in [-0.2, 0) is 31.5 Å². The summed E-state index contributed by atoms with van der Waals surface area (Å²) in [4.78, 5) is 33.0. The van der Waals surface area contributed by atoms with Crippen molar-refractivity contribution in [1.29, 1.82) is 0 Å². The van der Waals surface area contributed by atoms with Crippen LogP contribution in [0, 0.1) is 11.7 Å². The fraction of sp³-hybridized carbons (Fsp3) is 0.343. The lowest BCUT2D eigenvalue weighted by Crippen LogP contribution is -2.50. The molecule has 1 aromatic heterocycles. The first kappa shape index (κ1) is 29.5. The summed E-state index contributed by atoms with van der Waals surface area (Å²) in [6.45, 7) is 2.08. The van der Waals surface area contributed by atoms with E-state index in [2.05, 4.69) is 40.5 Å². The van der Waals surface area contributed by atoms with E-state index in [0.717, 1.165) is 24.5 Å². The summed E-state index contributed by atoms with van der Waals surface area (Å²) in [5.41, 5.74) is 5.24. The third kappa shape index (κ3) is 5.82. The number of nitrogens with zero attached hydrogens (tertiary/aromatic N) is 4. The van der Waals surface area contributed by atoms with Gasteiger partial charge in [-0.1, -0.05) is 54.8 Å². The van der Waals surface area contributed by atoms with Crippen molar-refractivity contribution in [2.24, 2.45) is 13.0 Å². The molecule has 1 aliphatic carbocycles. The van der Waals surface area contributed by atoms with Crippen molar-refractivity contribution in [2.45, 2.75) is 57.8 Å². The molecule has 4 aromatic rings. The maximum absolute atomic E-state index is 14.2. The van der Waals surface area contributed by atoms with Crippen molar-refractivity contribution in [2.75, 3.05) is 11.4 Å². The average molecular weight is 628 g/mol. The van der Waals surface area contributed by atoms with Crippen molar-refractivity contribution in [1.82, 2.24) is 19.8 Å². The molecule has 0 spiro atoms. The van der Waals surface area contributed by atoms with Gasteiger partial charge >= 0.3 is 6.03 Å². The Morgan fingerprint density at radius 2 is 1.87 bits per heavy atom. The van der Waals surface area contributed by atoms with E-state index in [1.165, 1.54) is 48.4 Å². The SMILES string of the molecule is Cn1c(N2CCC(=O)NC2=O)cnc1-c1ccc2c(c1)C(C1CCCC1)N(Cc1ccc(OCc3c(F)cccc3Cl)cc1)C2. The number of nitrogens with one attached hydrogen (secondary N) is 1. The zero-order valence-electron chi connectivity index (χ0n) is 25.1. The van der Waals surface area contributed by atoms with Crippen LogP contribution in [0.15, 0.2) is 66.9 Å². The quantitative estimate of drug-likeness (QED) is 0.224. The molecular weight excluding hydrogens is 593 g/mol. The summed E-state index contributed by atoms with van der Waals surface area (Å²) >= 11 is 6.16. The first-order valence-corrected chi connectivity index (χ1v) is 15.9. The highest BCUT2D eigenvalue weighted by Crippen LogP contribution is 2.47. The molecule has 7 rings (SSSR count). The van der Waals surface area contributed by atoms with Crippen LogP contribution >= 0.6 is 11.6 Å². The Labute approximate surface area is 266 Å². The lowest BCUT2D eigenvalue weighted by molar-refractivity contribution is -0.120. The van der Waals surface area contributed by atoms with Crippen molar-refractivity contribution in [3.05, 3.63) is 100.0 Å². The second-order valence-corrected chi connectivity index (χ2v) is 12.6. The van der Waals surface area contributed by atoms with Gasteiger partial charge in [-0.15, -0.1) is 0 Å². The summed E-state index contributed by atoms with van der Waals surface area (Å²) in [5, 5.41) is 2.75. The molecule has 2 fully saturated rings. The van der Waals surface area contributed by atoms with Crippen LogP contribution in [0.1, 0.15) is 60.4 Å². The molecule has 8 nitrogen and oxygen atoms in total. The molecule has 1 atom stereocenters. The van der Waals surface area contributed by atoms with E-state index >= 15 is 0 Å². The van der Waals surface area contributed by atoms with Gasteiger partial charge in [0.2, 0.25) is 5.91 Å². The standard InChI is InChI=1S/C35H35ClFN5O3/c1-40-32(42-16-15-31(43)39-35(42)44)18-38-34(40)24-11-12-25-20-41(33(27(25)17-24)23-5-2-3-6-23)19-22-9-13-26(14-10-22)45-21-28-29(36)7-4-8-30(28)37/h4,7-14,17-18,23,33H,2-3,5-6,15-16,19-21H2,1H3,(H,39,43,44). The molecule has 1 saturated carbocycles. The molecule has 3 heterocycles. The summed E-state index contributed by atoms with van der Waals surface area (Å²) in [6, 6.07) is 19.2. The van der Waals surface area contributed by atoms with Crippen molar-refractivity contribution >= 4 is 29.4 Å². The summed E-state index contributed by atoms with van der Waals surface area (Å²) in [7, 11) is 1.91. The number of carbonyl (C=O) groups is 2. The van der Waals surface area contributed by atoms with E-state index in [-0.39, 0.29) is 24.8 Å². The van der Waals surface area contributed by atoms with Crippen LogP contribution in [0.2, 0.25) is 5.02 Å². The smallest absolute Gasteiger partial charge is 0.329 e. The van der Waals surface area contributed by atoms with E-state index in [9.17, 15) is 14.0 Å². The van der Waals surface area contributed by atoms with Gasteiger partial charge in [0.25, 0.3) is 0 Å². The van der Waals surface area contributed by atoms with Crippen LogP contribution in [0.25, 0.3) is 11.4 Å². The van der Waals surface area contributed by atoms with Crippen LogP contribution in [0.3, 0.4) is 0 Å². The minimum Gasteiger partial charge on any atom is -0.489 e. The number of benzene rings is 3. The monoisotopic (exact) mass is 627 g/mol. The topological polar surface area (TPSA) is 79.7 Å². The highest BCUT2D eigenvalue weighted by atomic mass is 35.5. The predicted molar refractivity (Wildman–Crippen MR) is 170 cm³/mol. The maximum atomic E-state index is 14.2. The summed E-state index contributed by atoms with van der Waals surface area (Å²) in [5.74, 6) is 2.07. The number of hydrogen-bond donors (Lipinski definition) is 1. The molecule has 1 saturated heterocycles. The molecule has 3 aliphatic rings. The molecule has 1 N–H and O–H groups in total. The van der Waals surface area contributed by atoms with Crippen LogP contribution < -0.4 is 15.0 Å².